The lowest BCUT2D eigenvalue weighted by Crippen LogP contribution is -2.13. The van der Waals surface area contributed by atoms with Gasteiger partial charge in [0.25, 0.3) is 0 Å². The number of fused-ring (bicyclic) bond motifs is 1. The monoisotopic (exact) mass is 202 g/mol. The average molecular weight is 202 g/mol. The maximum absolute atomic E-state index is 11.4. The Labute approximate surface area is 89.2 Å². The van der Waals surface area contributed by atoms with Crippen molar-refractivity contribution in [2.24, 2.45) is 11.8 Å². The second-order valence-electron chi connectivity index (χ2n) is 4.51. The molecule has 2 nitrogen and oxygen atoms in total. The van der Waals surface area contributed by atoms with E-state index in [9.17, 15) is 4.79 Å². The normalized spacial score (nSPS) is 32.8. The molecule has 0 spiro atoms. The van der Waals surface area contributed by atoms with Crippen LogP contribution < -0.4 is 0 Å². The highest BCUT2D eigenvalue weighted by molar-refractivity contribution is 5.87. The Hall–Kier alpha value is -1.15. The van der Waals surface area contributed by atoms with Crippen molar-refractivity contribution in [3.8, 4) is 0 Å². The predicted octanol–water partition coefficient (Wildman–Crippen LogP) is 2.18. The van der Waals surface area contributed by atoms with E-state index in [2.05, 4.69) is 12.1 Å². The summed E-state index contributed by atoms with van der Waals surface area (Å²) in [5, 5.41) is 0. The summed E-state index contributed by atoms with van der Waals surface area (Å²) in [6.07, 6.45) is 1.91. The van der Waals surface area contributed by atoms with Gasteiger partial charge in [-0.1, -0.05) is 30.3 Å². The molecular formula is C13H14O2. The molecule has 2 aliphatic carbocycles. The van der Waals surface area contributed by atoms with Gasteiger partial charge in [0.2, 0.25) is 0 Å². The first kappa shape index (κ1) is 9.10. The van der Waals surface area contributed by atoms with Gasteiger partial charge in [0.15, 0.2) is 0 Å². The first-order valence-electron chi connectivity index (χ1n) is 5.53. The Balaban J connectivity index is 1.57. The Morgan fingerprint density at radius 2 is 2.07 bits per heavy atom. The van der Waals surface area contributed by atoms with Gasteiger partial charge >= 0.3 is 0 Å². The van der Waals surface area contributed by atoms with E-state index in [0.717, 1.165) is 6.42 Å². The number of carbonyl (C=O) groups excluding carboxylic acids is 1. The van der Waals surface area contributed by atoms with E-state index >= 15 is 0 Å². The van der Waals surface area contributed by atoms with Crippen molar-refractivity contribution in [2.45, 2.75) is 25.6 Å². The van der Waals surface area contributed by atoms with E-state index in [1.54, 1.807) is 0 Å². The van der Waals surface area contributed by atoms with E-state index in [-0.39, 0.29) is 6.10 Å². The molecule has 2 aliphatic rings. The second-order valence-corrected chi connectivity index (χ2v) is 4.51. The minimum atomic E-state index is 0.197. The standard InChI is InChI=1S/C13H14O2/c14-12-7-13(11-6-10(11)12)15-8-9-4-2-1-3-5-9/h1-5,10-11,13H,6-8H2. The third-order valence-corrected chi connectivity index (χ3v) is 3.44. The summed E-state index contributed by atoms with van der Waals surface area (Å²) in [6, 6.07) is 10.1. The summed E-state index contributed by atoms with van der Waals surface area (Å²) >= 11 is 0. The Bertz CT molecular complexity index is 371. The van der Waals surface area contributed by atoms with Gasteiger partial charge in [-0.3, -0.25) is 4.79 Å². The van der Waals surface area contributed by atoms with Crippen LogP contribution in [0.2, 0.25) is 0 Å². The van der Waals surface area contributed by atoms with Gasteiger partial charge in [0.1, 0.15) is 5.78 Å². The lowest BCUT2D eigenvalue weighted by Gasteiger charge is -2.12. The molecular weight excluding hydrogens is 188 g/mol. The largest absolute Gasteiger partial charge is 0.373 e. The van der Waals surface area contributed by atoms with E-state index in [0.29, 0.717) is 30.6 Å². The first-order valence-corrected chi connectivity index (χ1v) is 5.53. The molecule has 3 unspecified atom stereocenters. The number of hydrogen-bond donors (Lipinski definition) is 0. The SMILES string of the molecule is O=C1CC(OCc2ccccc2)C2CC12. The quantitative estimate of drug-likeness (QED) is 0.751. The summed E-state index contributed by atoms with van der Waals surface area (Å²) in [5.41, 5.74) is 1.19. The number of benzene rings is 1. The lowest BCUT2D eigenvalue weighted by atomic mass is 10.2. The number of hydrogen-bond acceptors (Lipinski definition) is 2. The van der Waals surface area contributed by atoms with Crippen LogP contribution in [0.4, 0.5) is 0 Å². The third kappa shape index (κ3) is 1.70. The van der Waals surface area contributed by atoms with Gasteiger partial charge in [-0.25, -0.2) is 0 Å². The summed E-state index contributed by atoms with van der Waals surface area (Å²) in [5.74, 6) is 1.31. The highest BCUT2D eigenvalue weighted by Crippen LogP contribution is 2.50. The number of rotatable bonds is 3. The summed E-state index contributed by atoms with van der Waals surface area (Å²) in [6.45, 7) is 0.641. The fraction of sp³-hybridized carbons (Fsp3) is 0.462. The minimum Gasteiger partial charge on any atom is -0.373 e. The van der Waals surface area contributed by atoms with E-state index < -0.39 is 0 Å². The van der Waals surface area contributed by atoms with Gasteiger partial charge in [-0.2, -0.15) is 0 Å². The van der Waals surface area contributed by atoms with Crippen molar-refractivity contribution in [3.05, 3.63) is 35.9 Å². The Morgan fingerprint density at radius 3 is 2.67 bits per heavy atom. The maximum atomic E-state index is 11.4. The molecule has 0 aromatic heterocycles. The molecule has 15 heavy (non-hydrogen) atoms. The van der Waals surface area contributed by atoms with Gasteiger partial charge in [0.05, 0.1) is 12.7 Å². The van der Waals surface area contributed by atoms with Gasteiger partial charge < -0.3 is 4.74 Å². The number of ether oxygens (including phenoxy) is 1. The van der Waals surface area contributed by atoms with Crippen LogP contribution in [0.5, 0.6) is 0 Å². The molecule has 0 heterocycles. The zero-order chi connectivity index (χ0) is 10.3. The van der Waals surface area contributed by atoms with Gasteiger partial charge in [-0.05, 0) is 17.9 Å². The summed E-state index contributed by atoms with van der Waals surface area (Å²) < 4.78 is 5.79. The van der Waals surface area contributed by atoms with Crippen LogP contribution >= 0.6 is 0 Å². The molecule has 2 saturated carbocycles. The van der Waals surface area contributed by atoms with Crippen LogP contribution in [-0.4, -0.2) is 11.9 Å². The van der Waals surface area contributed by atoms with Crippen molar-refractivity contribution in [1.82, 2.24) is 0 Å². The molecule has 2 heteroatoms. The van der Waals surface area contributed by atoms with Crippen LogP contribution in [0, 0.1) is 11.8 Å². The van der Waals surface area contributed by atoms with Crippen LogP contribution in [0.15, 0.2) is 30.3 Å². The topological polar surface area (TPSA) is 26.3 Å². The molecule has 0 aliphatic heterocycles. The average Bonchev–Trinajstić information content (AvgIpc) is 3.00. The smallest absolute Gasteiger partial charge is 0.138 e. The molecule has 0 saturated heterocycles. The zero-order valence-corrected chi connectivity index (χ0v) is 8.56. The van der Waals surface area contributed by atoms with Crippen molar-refractivity contribution in [3.63, 3.8) is 0 Å². The van der Waals surface area contributed by atoms with Crippen LogP contribution in [-0.2, 0) is 16.1 Å². The van der Waals surface area contributed by atoms with Gasteiger partial charge in [-0.15, -0.1) is 0 Å². The zero-order valence-electron chi connectivity index (χ0n) is 8.56. The third-order valence-electron chi connectivity index (χ3n) is 3.44. The second kappa shape index (κ2) is 3.46. The summed E-state index contributed by atoms with van der Waals surface area (Å²) in [4.78, 5) is 11.4. The Kier molecular flexibility index (Phi) is 2.10. The minimum absolute atomic E-state index is 0.197. The number of carbonyl (C=O) groups is 1. The van der Waals surface area contributed by atoms with Crippen molar-refractivity contribution < 1.29 is 9.53 Å². The Morgan fingerprint density at radius 1 is 1.27 bits per heavy atom. The van der Waals surface area contributed by atoms with Crippen LogP contribution in [0.3, 0.4) is 0 Å². The first-order chi connectivity index (χ1) is 7.34. The molecule has 3 rings (SSSR count). The summed E-state index contributed by atoms with van der Waals surface area (Å²) in [7, 11) is 0. The van der Waals surface area contributed by atoms with E-state index in [4.69, 9.17) is 4.74 Å². The molecule has 2 fully saturated rings. The molecule has 0 amide bonds. The van der Waals surface area contributed by atoms with Crippen molar-refractivity contribution in [2.75, 3.05) is 0 Å². The molecule has 0 radical (unpaired) electrons. The van der Waals surface area contributed by atoms with Crippen molar-refractivity contribution >= 4 is 5.78 Å². The number of Topliss-reactive ketones (excluding diaryl/α,β-unsaturated/α-hetero) is 1. The molecule has 0 bridgehead atoms. The van der Waals surface area contributed by atoms with Crippen LogP contribution in [0.1, 0.15) is 18.4 Å². The molecule has 78 valence electrons. The van der Waals surface area contributed by atoms with Crippen LogP contribution in [0.25, 0.3) is 0 Å². The van der Waals surface area contributed by atoms with Crippen molar-refractivity contribution in [1.29, 1.82) is 0 Å². The highest BCUT2D eigenvalue weighted by Gasteiger charge is 2.54. The van der Waals surface area contributed by atoms with E-state index in [1.165, 1.54) is 5.56 Å². The van der Waals surface area contributed by atoms with Gasteiger partial charge in [0, 0.05) is 12.3 Å². The maximum Gasteiger partial charge on any atom is 0.138 e. The fourth-order valence-corrected chi connectivity index (χ4v) is 2.46. The molecule has 0 N–H and O–H groups in total. The predicted molar refractivity (Wildman–Crippen MR) is 56.2 cm³/mol. The molecule has 1 aromatic rings. The molecule has 3 atom stereocenters. The molecule has 1 aromatic carbocycles. The van der Waals surface area contributed by atoms with E-state index in [1.807, 2.05) is 18.2 Å². The number of ketones is 1. The lowest BCUT2D eigenvalue weighted by molar-refractivity contribution is -0.120. The fourth-order valence-electron chi connectivity index (χ4n) is 2.46. The highest BCUT2D eigenvalue weighted by atomic mass is 16.5.